The predicted molar refractivity (Wildman–Crippen MR) is 142 cm³/mol. The van der Waals surface area contributed by atoms with Crippen molar-refractivity contribution in [1.29, 1.82) is 0 Å². The van der Waals surface area contributed by atoms with Gasteiger partial charge in [0.25, 0.3) is 10.0 Å². The van der Waals surface area contributed by atoms with E-state index in [1.165, 1.54) is 30.3 Å². The molecule has 2 aliphatic heterocycles. The SMILES string of the molecule is O=C(O)C1(CC2CN(S(=O)(=O)c3cccc(C(F)(F)F)c3)c3cc(-c4cccc(C(F)(F)F)c4)ccc3O2)CCOCC1. The minimum atomic E-state index is -4.83. The zero-order valence-corrected chi connectivity index (χ0v) is 23.1. The number of hydrogen-bond donors (Lipinski definition) is 1. The van der Waals surface area contributed by atoms with Crippen LogP contribution >= 0.6 is 0 Å². The summed E-state index contributed by atoms with van der Waals surface area (Å²) in [5.74, 6) is -1.13. The molecule has 2 aliphatic rings. The van der Waals surface area contributed by atoms with Crippen LogP contribution in [0.15, 0.2) is 71.6 Å². The Labute approximate surface area is 242 Å². The first-order valence-corrected chi connectivity index (χ1v) is 14.5. The Kier molecular flexibility index (Phi) is 7.88. The third-order valence-corrected chi connectivity index (χ3v) is 9.46. The molecule has 0 amide bonds. The lowest BCUT2D eigenvalue weighted by atomic mass is 9.75. The zero-order valence-electron chi connectivity index (χ0n) is 22.3. The van der Waals surface area contributed by atoms with Gasteiger partial charge in [0.05, 0.1) is 33.7 Å². The van der Waals surface area contributed by atoms with Crippen LogP contribution in [0.2, 0.25) is 0 Å². The number of sulfonamides is 1. The van der Waals surface area contributed by atoms with Gasteiger partial charge < -0.3 is 14.6 Å². The van der Waals surface area contributed by atoms with E-state index in [2.05, 4.69) is 0 Å². The highest BCUT2D eigenvalue weighted by molar-refractivity contribution is 7.92. The van der Waals surface area contributed by atoms with Gasteiger partial charge in [-0.15, -0.1) is 0 Å². The highest BCUT2D eigenvalue weighted by atomic mass is 32.2. The van der Waals surface area contributed by atoms with E-state index in [-0.39, 0.29) is 55.0 Å². The molecule has 2 heterocycles. The van der Waals surface area contributed by atoms with Crippen molar-refractivity contribution in [3.8, 4) is 16.9 Å². The lowest BCUT2D eigenvalue weighted by molar-refractivity contribution is -0.157. The van der Waals surface area contributed by atoms with Crippen LogP contribution in [-0.4, -0.2) is 45.4 Å². The third-order valence-electron chi connectivity index (χ3n) is 7.69. The summed E-state index contributed by atoms with van der Waals surface area (Å²) in [6.45, 7) is -0.113. The average molecular weight is 630 g/mol. The lowest BCUT2D eigenvalue weighted by Crippen LogP contribution is -2.48. The number of nitrogens with zero attached hydrogens (tertiary/aromatic N) is 1. The molecule has 1 fully saturated rings. The van der Waals surface area contributed by atoms with Crippen molar-refractivity contribution in [2.45, 2.75) is 42.6 Å². The zero-order chi connectivity index (χ0) is 31.2. The maximum atomic E-state index is 13.9. The van der Waals surface area contributed by atoms with Crippen molar-refractivity contribution < 1.29 is 54.1 Å². The maximum Gasteiger partial charge on any atom is 0.416 e. The summed E-state index contributed by atoms with van der Waals surface area (Å²) in [6, 6.07) is 11.6. The molecular formula is C29H25F6NO6S. The van der Waals surface area contributed by atoms with E-state index in [4.69, 9.17) is 9.47 Å². The molecule has 3 aromatic carbocycles. The first kappa shape index (κ1) is 30.7. The molecule has 3 aromatic rings. The van der Waals surface area contributed by atoms with E-state index in [1.54, 1.807) is 0 Å². The Hall–Kier alpha value is -3.78. The molecule has 14 heteroatoms. The van der Waals surface area contributed by atoms with E-state index >= 15 is 0 Å². The molecule has 0 spiro atoms. The number of aliphatic carboxylic acids is 1. The van der Waals surface area contributed by atoms with Gasteiger partial charge in [-0.05, 0) is 66.4 Å². The van der Waals surface area contributed by atoms with Crippen LogP contribution in [0.5, 0.6) is 5.75 Å². The van der Waals surface area contributed by atoms with E-state index in [1.807, 2.05) is 0 Å². The highest BCUT2D eigenvalue weighted by Gasteiger charge is 2.45. The van der Waals surface area contributed by atoms with Crippen LogP contribution in [0.4, 0.5) is 32.0 Å². The number of benzene rings is 3. The summed E-state index contributed by atoms with van der Waals surface area (Å²) >= 11 is 0. The summed E-state index contributed by atoms with van der Waals surface area (Å²) in [4.78, 5) is 11.6. The Bertz CT molecular complexity index is 1630. The number of fused-ring (bicyclic) bond motifs is 1. The molecular weight excluding hydrogens is 604 g/mol. The second-order valence-electron chi connectivity index (χ2n) is 10.5. The fourth-order valence-corrected chi connectivity index (χ4v) is 6.91. The number of alkyl halides is 6. The number of carbonyl (C=O) groups is 1. The van der Waals surface area contributed by atoms with E-state index in [0.29, 0.717) is 6.07 Å². The fraction of sp³-hybridized carbons (Fsp3) is 0.345. The minimum absolute atomic E-state index is 0.0184. The first-order valence-electron chi connectivity index (χ1n) is 13.1. The van der Waals surface area contributed by atoms with Crippen LogP contribution in [0.25, 0.3) is 11.1 Å². The molecule has 1 atom stereocenters. The molecule has 230 valence electrons. The molecule has 0 bridgehead atoms. The number of ether oxygens (including phenoxy) is 2. The van der Waals surface area contributed by atoms with Gasteiger partial charge in [-0.25, -0.2) is 8.42 Å². The molecule has 0 saturated carbocycles. The van der Waals surface area contributed by atoms with Gasteiger partial charge in [-0.3, -0.25) is 9.10 Å². The Balaban J connectivity index is 1.60. The van der Waals surface area contributed by atoms with Crippen LogP contribution in [-0.2, 0) is 31.9 Å². The van der Waals surface area contributed by atoms with Crippen molar-refractivity contribution in [3.05, 3.63) is 77.9 Å². The second kappa shape index (κ2) is 11.1. The molecule has 0 radical (unpaired) electrons. The molecule has 7 nitrogen and oxygen atoms in total. The molecule has 0 aliphatic carbocycles. The Morgan fingerprint density at radius 3 is 2.12 bits per heavy atom. The summed E-state index contributed by atoms with van der Waals surface area (Å²) in [5, 5.41) is 10.0. The smallest absolute Gasteiger partial charge is 0.416 e. The quantitative estimate of drug-likeness (QED) is 0.308. The highest BCUT2D eigenvalue weighted by Crippen LogP contribution is 2.44. The molecule has 0 aromatic heterocycles. The second-order valence-corrected chi connectivity index (χ2v) is 12.3. The number of carboxylic acid groups (broad SMARTS) is 1. The summed E-state index contributed by atoms with van der Waals surface area (Å²) in [5.41, 5.74) is -3.21. The predicted octanol–water partition coefficient (Wildman–Crippen LogP) is 6.62. The Morgan fingerprint density at radius 2 is 1.49 bits per heavy atom. The number of anilines is 1. The topological polar surface area (TPSA) is 93.1 Å². The molecule has 1 saturated heterocycles. The first-order chi connectivity index (χ1) is 20.1. The van der Waals surface area contributed by atoms with E-state index in [0.717, 1.165) is 34.6 Å². The van der Waals surface area contributed by atoms with E-state index in [9.17, 15) is 44.7 Å². The van der Waals surface area contributed by atoms with Crippen molar-refractivity contribution in [3.63, 3.8) is 0 Å². The summed E-state index contributed by atoms with van der Waals surface area (Å²) < 4.78 is 121. The van der Waals surface area contributed by atoms with Crippen molar-refractivity contribution in [2.75, 3.05) is 24.1 Å². The number of carboxylic acids is 1. The number of halogens is 6. The van der Waals surface area contributed by atoms with Crippen molar-refractivity contribution >= 4 is 21.7 Å². The minimum Gasteiger partial charge on any atom is -0.486 e. The van der Waals surface area contributed by atoms with Gasteiger partial charge >= 0.3 is 18.3 Å². The molecule has 43 heavy (non-hydrogen) atoms. The monoisotopic (exact) mass is 629 g/mol. The number of rotatable bonds is 6. The van der Waals surface area contributed by atoms with Crippen LogP contribution < -0.4 is 9.04 Å². The maximum absolute atomic E-state index is 13.9. The van der Waals surface area contributed by atoms with Crippen molar-refractivity contribution in [1.82, 2.24) is 0 Å². The lowest BCUT2D eigenvalue weighted by Gasteiger charge is -2.40. The summed E-state index contributed by atoms with van der Waals surface area (Å²) in [7, 11) is -4.70. The molecule has 5 rings (SSSR count). The van der Waals surface area contributed by atoms with Gasteiger partial charge in [-0.1, -0.05) is 24.3 Å². The van der Waals surface area contributed by atoms with E-state index < -0.39 is 62.4 Å². The Morgan fingerprint density at radius 1 is 0.884 bits per heavy atom. The van der Waals surface area contributed by atoms with Crippen LogP contribution in [0.1, 0.15) is 30.4 Å². The van der Waals surface area contributed by atoms with Crippen LogP contribution in [0.3, 0.4) is 0 Å². The molecule has 1 unspecified atom stereocenters. The molecule has 1 N–H and O–H groups in total. The fourth-order valence-electron chi connectivity index (χ4n) is 5.36. The average Bonchev–Trinajstić information content (AvgIpc) is 2.96. The number of hydrogen-bond acceptors (Lipinski definition) is 5. The van der Waals surface area contributed by atoms with Gasteiger partial charge in [-0.2, -0.15) is 26.3 Å². The van der Waals surface area contributed by atoms with Gasteiger partial charge in [0.15, 0.2) is 0 Å². The van der Waals surface area contributed by atoms with Gasteiger partial charge in [0, 0.05) is 19.6 Å². The normalized spacial score (nSPS) is 18.9. The standard InChI is InChI=1S/C29H25F6NO6S/c30-28(31,32)20-4-1-3-18(13-20)19-7-8-25-24(14-19)36(43(39,40)23-6-2-5-21(15-23)29(33,34)35)17-22(42-25)16-27(26(37)38)9-11-41-12-10-27/h1-8,13-15,22H,9-12,16-17H2,(H,37,38). The van der Waals surface area contributed by atoms with Crippen LogP contribution in [0, 0.1) is 5.41 Å². The van der Waals surface area contributed by atoms with Gasteiger partial charge in [0.2, 0.25) is 0 Å². The third kappa shape index (κ3) is 6.16. The van der Waals surface area contributed by atoms with Gasteiger partial charge in [0.1, 0.15) is 11.9 Å². The summed E-state index contributed by atoms with van der Waals surface area (Å²) in [6.07, 6.45) is -10.3. The van der Waals surface area contributed by atoms with Crippen molar-refractivity contribution in [2.24, 2.45) is 5.41 Å². The largest absolute Gasteiger partial charge is 0.486 e.